The molecule has 0 aliphatic heterocycles. The number of ether oxygens (including phenoxy) is 1. The van der Waals surface area contributed by atoms with Crippen molar-refractivity contribution < 1.29 is 19.4 Å². The summed E-state index contributed by atoms with van der Waals surface area (Å²) in [6.45, 7) is 0.901. The highest BCUT2D eigenvalue weighted by molar-refractivity contribution is 5.84. The normalized spacial score (nSPS) is 20.4. The summed E-state index contributed by atoms with van der Waals surface area (Å²) in [7, 11) is 1.63. The maximum atomic E-state index is 12.2. The van der Waals surface area contributed by atoms with Gasteiger partial charge in [-0.1, -0.05) is 0 Å². The molecule has 1 fully saturated rings. The van der Waals surface area contributed by atoms with E-state index in [1.807, 2.05) is 35.0 Å². The maximum Gasteiger partial charge on any atom is 0.306 e. The zero-order valence-corrected chi connectivity index (χ0v) is 14.4. The van der Waals surface area contributed by atoms with Crippen molar-refractivity contribution in [1.82, 2.24) is 9.88 Å². The van der Waals surface area contributed by atoms with Gasteiger partial charge < -0.3 is 19.7 Å². The Kier molecular flexibility index (Phi) is 5.26. The number of hydrogen-bond donors (Lipinski definition) is 2. The van der Waals surface area contributed by atoms with Gasteiger partial charge in [0.15, 0.2) is 0 Å². The molecule has 2 N–H and O–H groups in total. The molecular weight excluding hydrogens is 320 g/mol. The van der Waals surface area contributed by atoms with Gasteiger partial charge in [0.2, 0.25) is 5.91 Å². The Morgan fingerprint density at radius 1 is 1.24 bits per heavy atom. The Bertz CT molecular complexity index is 760. The summed E-state index contributed by atoms with van der Waals surface area (Å²) >= 11 is 0. The van der Waals surface area contributed by atoms with Gasteiger partial charge in [0.1, 0.15) is 12.3 Å². The van der Waals surface area contributed by atoms with Crippen LogP contribution in [0.3, 0.4) is 0 Å². The summed E-state index contributed by atoms with van der Waals surface area (Å²) in [6, 6.07) is 7.76. The number of carbonyl (C=O) groups excluding carboxylic acids is 1. The fourth-order valence-electron chi connectivity index (χ4n) is 3.53. The number of benzene rings is 1. The molecule has 1 aliphatic rings. The Labute approximate surface area is 146 Å². The lowest BCUT2D eigenvalue weighted by molar-refractivity contribution is -0.143. The predicted octanol–water partition coefficient (Wildman–Crippen LogP) is 2.66. The number of rotatable bonds is 6. The van der Waals surface area contributed by atoms with Crippen molar-refractivity contribution >= 4 is 22.8 Å². The fraction of sp³-hybridized carbons (Fsp3) is 0.474. The molecule has 0 spiro atoms. The van der Waals surface area contributed by atoms with Crippen LogP contribution in [0, 0.1) is 11.8 Å². The average Bonchev–Trinajstić information content (AvgIpc) is 3.02. The molecule has 1 saturated carbocycles. The number of nitrogens with one attached hydrogen (secondary N) is 1. The second kappa shape index (κ2) is 7.59. The van der Waals surface area contributed by atoms with Crippen molar-refractivity contribution in [2.75, 3.05) is 13.7 Å². The molecule has 2 aromatic rings. The highest BCUT2D eigenvalue weighted by Crippen LogP contribution is 2.28. The first-order valence-corrected chi connectivity index (χ1v) is 8.69. The largest absolute Gasteiger partial charge is 0.497 e. The van der Waals surface area contributed by atoms with E-state index in [9.17, 15) is 9.59 Å². The Hall–Kier alpha value is -2.50. The smallest absolute Gasteiger partial charge is 0.306 e. The molecule has 1 heterocycles. The van der Waals surface area contributed by atoms with Crippen LogP contribution in [0.15, 0.2) is 30.5 Å². The molecule has 25 heavy (non-hydrogen) atoms. The molecule has 0 atom stereocenters. The Morgan fingerprint density at radius 3 is 2.68 bits per heavy atom. The van der Waals surface area contributed by atoms with Crippen LogP contribution in [0.2, 0.25) is 0 Å². The topological polar surface area (TPSA) is 80.6 Å². The van der Waals surface area contributed by atoms with E-state index in [1.54, 1.807) is 7.11 Å². The van der Waals surface area contributed by atoms with E-state index in [1.165, 1.54) is 0 Å². The number of aliphatic carboxylic acids is 1. The lowest BCUT2D eigenvalue weighted by Gasteiger charge is -2.26. The predicted molar refractivity (Wildman–Crippen MR) is 94.6 cm³/mol. The van der Waals surface area contributed by atoms with Crippen LogP contribution >= 0.6 is 0 Å². The van der Waals surface area contributed by atoms with Crippen LogP contribution in [-0.2, 0) is 16.1 Å². The molecule has 1 amide bonds. The molecule has 3 rings (SSSR count). The maximum absolute atomic E-state index is 12.2. The molecule has 6 nitrogen and oxygen atoms in total. The van der Waals surface area contributed by atoms with Crippen LogP contribution in [-0.4, -0.2) is 35.2 Å². The first-order valence-electron chi connectivity index (χ1n) is 8.69. The second-order valence-corrected chi connectivity index (χ2v) is 6.73. The van der Waals surface area contributed by atoms with Gasteiger partial charge in [0.25, 0.3) is 0 Å². The number of methoxy groups -OCH3 is 1. The number of carbonyl (C=O) groups is 2. The van der Waals surface area contributed by atoms with Crippen LogP contribution in [0.4, 0.5) is 0 Å². The molecule has 0 bridgehead atoms. The highest BCUT2D eigenvalue weighted by atomic mass is 16.5. The zero-order chi connectivity index (χ0) is 17.8. The van der Waals surface area contributed by atoms with Crippen molar-refractivity contribution in [3.8, 4) is 5.75 Å². The van der Waals surface area contributed by atoms with Crippen molar-refractivity contribution in [2.24, 2.45) is 11.8 Å². The second-order valence-electron chi connectivity index (χ2n) is 6.73. The van der Waals surface area contributed by atoms with Gasteiger partial charge in [0.05, 0.1) is 13.0 Å². The number of carboxylic acid groups (broad SMARTS) is 1. The monoisotopic (exact) mass is 344 g/mol. The van der Waals surface area contributed by atoms with E-state index >= 15 is 0 Å². The Balaban J connectivity index is 1.51. The third-order valence-corrected chi connectivity index (χ3v) is 5.08. The first-order chi connectivity index (χ1) is 12.1. The summed E-state index contributed by atoms with van der Waals surface area (Å²) in [5.74, 6) is 0.249. The summed E-state index contributed by atoms with van der Waals surface area (Å²) in [5.41, 5.74) is 0.998. The van der Waals surface area contributed by atoms with Crippen LogP contribution in [0.1, 0.15) is 25.7 Å². The van der Waals surface area contributed by atoms with Gasteiger partial charge in [-0.25, -0.2) is 0 Å². The van der Waals surface area contributed by atoms with Crippen molar-refractivity contribution in [2.45, 2.75) is 32.2 Å². The minimum atomic E-state index is -0.696. The van der Waals surface area contributed by atoms with Crippen molar-refractivity contribution in [1.29, 1.82) is 0 Å². The van der Waals surface area contributed by atoms with Gasteiger partial charge >= 0.3 is 5.97 Å². The number of amides is 1. The third-order valence-electron chi connectivity index (χ3n) is 5.08. The number of carboxylic acids is 1. The average molecular weight is 344 g/mol. The van der Waals surface area contributed by atoms with Crippen molar-refractivity contribution in [3.63, 3.8) is 0 Å². The molecule has 0 unspecified atom stereocenters. The van der Waals surface area contributed by atoms with E-state index in [0.717, 1.165) is 29.5 Å². The zero-order valence-electron chi connectivity index (χ0n) is 14.4. The fourth-order valence-corrected chi connectivity index (χ4v) is 3.53. The van der Waals surface area contributed by atoms with Crippen molar-refractivity contribution in [3.05, 3.63) is 30.5 Å². The quantitative estimate of drug-likeness (QED) is 0.844. The van der Waals surface area contributed by atoms with Gasteiger partial charge in [-0.05, 0) is 55.9 Å². The van der Waals surface area contributed by atoms with Gasteiger partial charge in [-0.15, -0.1) is 0 Å². The number of hydrogen-bond acceptors (Lipinski definition) is 3. The molecule has 0 radical (unpaired) electrons. The number of nitrogens with zero attached hydrogens (tertiary/aromatic N) is 1. The van der Waals surface area contributed by atoms with E-state index in [-0.39, 0.29) is 18.4 Å². The molecule has 1 aromatic heterocycles. The van der Waals surface area contributed by atoms with Crippen LogP contribution < -0.4 is 10.1 Å². The van der Waals surface area contributed by atoms with Crippen LogP contribution in [0.5, 0.6) is 5.75 Å². The van der Waals surface area contributed by atoms with E-state index in [4.69, 9.17) is 9.84 Å². The summed E-state index contributed by atoms with van der Waals surface area (Å²) in [6.07, 6.45) is 5.05. The molecular formula is C19H24N2O4. The minimum absolute atomic E-state index is 0.0197. The number of aromatic nitrogens is 1. The van der Waals surface area contributed by atoms with Gasteiger partial charge in [-0.2, -0.15) is 0 Å². The molecule has 0 saturated heterocycles. The number of fused-ring (bicyclic) bond motifs is 1. The van der Waals surface area contributed by atoms with E-state index in [2.05, 4.69) is 5.32 Å². The third kappa shape index (κ3) is 4.13. The standard InChI is InChI=1S/C19H24N2O4/c1-25-16-6-7-17-15(10-16)8-9-21(17)12-18(22)20-11-13-2-4-14(5-3-13)19(23)24/h6-10,13-14H,2-5,11-12H2,1H3,(H,20,22)(H,23,24). The van der Waals surface area contributed by atoms with Gasteiger partial charge in [0, 0.05) is 23.6 Å². The molecule has 1 aromatic carbocycles. The first kappa shape index (κ1) is 17.3. The lowest BCUT2D eigenvalue weighted by Crippen LogP contribution is -2.34. The van der Waals surface area contributed by atoms with E-state index < -0.39 is 5.97 Å². The van der Waals surface area contributed by atoms with Gasteiger partial charge in [-0.3, -0.25) is 9.59 Å². The summed E-state index contributed by atoms with van der Waals surface area (Å²) < 4.78 is 7.14. The summed E-state index contributed by atoms with van der Waals surface area (Å²) in [4.78, 5) is 23.2. The lowest BCUT2D eigenvalue weighted by atomic mass is 9.82. The van der Waals surface area contributed by atoms with E-state index in [0.29, 0.717) is 25.3 Å². The molecule has 1 aliphatic carbocycles. The summed E-state index contributed by atoms with van der Waals surface area (Å²) in [5, 5.41) is 13.1. The SMILES string of the molecule is COc1ccc2c(ccn2CC(=O)NCC2CCC(C(=O)O)CC2)c1. The Morgan fingerprint density at radius 2 is 2.00 bits per heavy atom. The molecule has 6 heteroatoms. The molecule has 134 valence electrons. The highest BCUT2D eigenvalue weighted by Gasteiger charge is 2.25. The minimum Gasteiger partial charge on any atom is -0.497 e. The van der Waals surface area contributed by atoms with Crippen LogP contribution in [0.25, 0.3) is 10.9 Å².